The molecule has 17 heavy (non-hydrogen) atoms. The Kier molecular flexibility index (Phi) is 3.69. The highest BCUT2D eigenvalue weighted by molar-refractivity contribution is 5.24. The van der Waals surface area contributed by atoms with Gasteiger partial charge in [0.05, 0.1) is 5.56 Å². The minimum atomic E-state index is -4.25. The third-order valence-electron chi connectivity index (χ3n) is 2.94. The van der Waals surface area contributed by atoms with Crippen LogP contribution in [0.4, 0.5) is 13.2 Å². The Labute approximate surface area is 98.2 Å². The summed E-state index contributed by atoms with van der Waals surface area (Å²) in [6.45, 7) is 2.55. The first-order valence-electron chi connectivity index (χ1n) is 5.66. The molecule has 5 heteroatoms. The summed E-state index contributed by atoms with van der Waals surface area (Å²) in [5, 5.41) is 6.54. The second kappa shape index (κ2) is 5.06. The quantitative estimate of drug-likeness (QED) is 0.851. The van der Waals surface area contributed by atoms with Crippen molar-refractivity contribution in [3.63, 3.8) is 0 Å². The molecule has 1 aliphatic rings. The summed E-state index contributed by atoms with van der Waals surface area (Å²) in [6.07, 6.45) is -3.18. The fourth-order valence-corrected chi connectivity index (χ4v) is 1.90. The third-order valence-corrected chi connectivity index (χ3v) is 2.94. The summed E-state index contributed by atoms with van der Waals surface area (Å²) < 4.78 is 37.0. The van der Waals surface area contributed by atoms with Gasteiger partial charge in [-0.3, -0.25) is 0 Å². The van der Waals surface area contributed by atoms with Crippen LogP contribution in [-0.4, -0.2) is 19.1 Å². The number of hydrogen-bond acceptors (Lipinski definition) is 2. The first-order valence-corrected chi connectivity index (χ1v) is 5.66. The second-order valence-electron chi connectivity index (χ2n) is 4.27. The molecule has 0 bridgehead atoms. The van der Waals surface area contributed by atoms with Crippen LogP contribution < -0.4 is 10.6 Å². The normalized spacial score (nSPS) is 20.8. The summed E-state index contributed by atoms with van der Waals surface area (Å²) in [4.78, 5) is 0. The van der Waals surface area contributed by atoms with Gasteiger partial charge in [0, 0.05) is 19.1 Å². The zero-order chi connectivity index (χ0) is 12.3. The summed E-state index contributed by atoms with van der Waals surface area (Å²) in [5.74, 6) is 0. The zero-order valence-corrected chi connectivity index (χ0v) is 9.35. The van der Waals surface area contributed by atoms with Gasteiger partial charge in [-0.2, -0.15) is 13.2 Å². The Morgan fingerprint density at radius 3 is 2.47 bits per heavy atom. The maximum atomic E-state index is 12.3. The number of hydrogen-bond donors (Lipinski definition) is 2. The number of rotatable bonds is 3. The highest BCUT2D eigenvalue weighted by Gasteiger charge is 2.29. The van der Waals surface area contributed by atoms with Gasteiger partial charge in [0.25, 0.3) is 0 Å². The molecule has 1 atom stereocenters. The summed E-state index contributed by atoms with van der Waals surface area (Å²) in [6, 6.07) is 5.74. The molecule has 2 rings (SSSR count). The van der Waals surface area contributed by atoms with Crippen molar-refractivity contribution in [2.45, 2.75) is 25.2 Å². The minimum Gasteiger partial charge on any atom is -0.315 e. The average molecular weight is 244 g/mol. The van der Waals surface area contributed by atoms with Crippen molar-refractivity contribution in [2.24, 2.45) is 0 Å². The summed E-state index contributed by atoms with van der Waals surface area (Å²) >= 11 is 0. The van der Waals surface area contributed by atoms with E-state index in [9.17, 15) is 13.2 Å². The predicted octanol–water partition coefficient (Wildman–Crippen LogP) is 2.16. The van der Waals surface area contributed by atoms with Crippen LogP contribution in [0.15, 0.2) is 24.3 Å². The lowest BCUT2D eigenvalue weighted by atomic mass is 10.1. The van der Waals surface area contributed by atoms with Crippen LogP contribution in [0.2, 0.25) is 0 Å². The van der Waals surface area contributed by atoms with E-state index >= 15 is 0 Å². The second-order valence-corrected chi connectivity index (χ2v) is 4.27. The molecule has 1 fully saturated rings. The molecule has 0 aliphatic carbocycles. The molecular formula is C12H15F3N2. The molecule has 2 nitrogen and oxygen atoms in total. The molecule has 1 heterocycles. The van der Waals surface area contributed by atoms with Gasteiger partial charge >= 0.3 is 6.18 Å². The van der Waals surface area contributed by atoms with Crippen molar-refractivity contribution in [2.75, 3.05) is 13.1 Å². The largest absolute Gasteiger partial charge is 0.416 e. The average Bonchev–Trinajstić information content (AvgIpc) is 2.78. The Balaban J connectivity index is 1.89. The number of alkyl halides is 3. The Hall–Kier alpha value is -1.07. The highest BCUT2D eigenvalue weighted by atomic mass is 19.4. The molecular weight excluding hydrogens is 229 g/mol. The lowest BCUT2D eigenvalue weighted by Gasteiger charge is -2.12. The molecule has 1 saturated heterocycles. The molecule has 0 aromatic heterocycles. The van der Waals surface area contributed by atoms with E-state index in [-0.39, 0.29) is 0 Å². The first kappa shape index (κ1) is 12.4. The van der Waals surface area contributed by atoms with Crippen molar-refractivity contribution in [3.8, 4) is 0 Å². The lowest BCUT2D eigenvalue weighted by Crippen LogP contribution is -2.30. The predicted molar refractivity (Wildman–Crippen MR) is 59.6 cm³/mol. The van der Waals surface area contributed by atoms with Crippen molar-refractivity contribution in [1.29, 1.82) is 0 Å². The first-order chi connectivity index (χ1) is 8.05. The number of halogens is 3. The van der Waals surface area contributed by atoms with E-state index in [1.54, 1.807) is 0 Å². The van der Waals surface area contributed by atoms with Gasteiger partial charge in [-0.15, -0.1) is 0 Å². The number of benzene rings is 1. The van der Waals surface area contributed by atoms with Crippen LogP contribution in [0, 0.1) is 0 Å². The topological polar surface area (TPSA) is 24.1 Å². The van der Waals surface area contributed by atoms with E-state index in [0.29, 0.717) is 12.6 Å². The van der Waals surface area contributed by atoms with Crippen LogP contribution in [0.5, 0.6) is 0 Å². The van der Waals surface area contributed by atoms with Crippen LogP contribution >= 0.6 is 0 Å². The molecule has 0 spiro atoms. The maximum absolute atomic E-state index is 12.3. The van der Waals surface area contributed by atoms with Gasteiger partial charge < -0.3 is 10.6 Å². The van der Waals surface area contributed by atoms with Gasteiger partial charge in [0.1, 0.15) is 0 Å². The van der Waals surface area contributed by atoms with E-state index in [4.69, 9.17) is 0 Å². The van der Waals surface area contributed by atoms with E-state index < -0.39 is 11.7 Å². The third kappa shape index (κ3) is 3.44. The van der Waals surface area contributed by atoms with Crippen molar-refractivity contribution >= 4 is 0 Å². The highest BCUT2D eigenvalue weighted by Crippen LogP contribution is 2.29. The summed E-state index contributed by atoms with van der Waals surface area (Å²) in [7, 11) is 0. The SMILES string of the molecule is FC(F)(F)c1ccc(CNC2CCNC2)cc1. The molecule has 94 valence electrons. The van der Waals surface area contributed by atoms with E-state index in [0.717, 1.165) is 37.2 Å². The van der Waals surface area contributed by atoms with Crippen LogP contribution in [0.3, 0.4) is 0 Å². The molecule has 1 aliphatic heterocycles. The fourth-order valence-electron chi connectivity index (χ4n) is 1.90. The monoisotopic (exact) mass is 244 g/mol. The van der Waals surface area contributed by atoms with E-state index in [1.165, 1.54) is 12.1 Å². The van der Waals surface area contributed by atoms with Crippen molar-refractivity contribution < 1.29 is 13.2 Å². The van der Waals surface area contributed by atoms with E-state index in [2.05, 4.69) is 10.6 Å². The fraction of sp³-hybridized carbons (Fsp3) is 0.500. The Morgan fingerprint density at radius 2 is 1.94 bits per heavy atom. The molecule has 1 aromatic rings. The summed E-state index contributed by atoms with van der Waals surface area (Å²) in [5.41, 5.74) is 0.286. The molecule has 0 amide bonds. The van der Waals surface area contributed by atoms with Crippen LogP contribution in [-0.2, 0) is 12.7 Å². The molecule has 0 radical (unpaired) electrons. The zero-order valence-electron chi connectivity index (χ0n) is 9.35. The minimum absolute atomic E-state index is 0.428. The maximum Gasteiger partial charge on any atom is 0.416 e. The van der Waals surface area contributed by atoms with Gasteiger partial charge in [-0.1, -0.05) is 12.1 Å². The number of nitrogens with one attached hydrogen (secondary N) is 2. The Morgan fingerprint density at radius 1 is 1.24 bits per heavy atom. The molecule has 1 aromatic carbocycles. The van der Waals surface area contributed by atoms with E-state index in [1.807, 2.05) is 0 Å². The lowest BCUT2D eigenvalue weighted by molar-refractivity contribution is -0.137. The van der Waals surface area contributed by atoms with Gasteiger partial charge in [-0.25, -0.2) is 0 Å². The molecule has 2 N–H and O–H groups in total. The van der Waals surface area contributed by atoms with Gasteiger partial charge in [-0.05, 0) is 30.7 Å². The van der Waals surface area contributed by atoms with Crippen LogP contribution in [0.25, 0.3) is 0 Å². The van der Waals surface area contributed by atoms with Gasteiger partial charge in [0.2, 0.25) is 0 Å². The standard InChI is InChI=1S/C12H15F3N2/c13-12(14,15)10-3-1-9(2-4-10)7-17-11-5-6-16-8-11/h1-4,11,16-17H,5-8H2. The Bertz CT molecular complexity index is 353. The van der Waals surface area contributed by atoms with Crippen molar-refractivity contribution in [1.82, 2.24) is 10.6 Å². The smallest absolute Gasteiger partial charge is 0.315 e. The van der Waals surface area contributed by atoms with Crippen molar-refractivity contribution in [3.05, 3.63) is 35.4 Å². The van der Waals surface area contributed by atoms with Gasteiger partial charge in [0.15, 0.2) is 0 Å². The molecule has 1 unspecified atom stereocenters. The van der Waals surface area contributed by atoms with Crippen LogP contribution in [0.1, 0.15) is 17.5 Å². The molecule has 0 saturated carbocycles.